The number of benzene rings is 2. The van der Waals surface area contributed by atoms with Crippen LogP contribution >= 0.6 is 0 Å². The number of carboxylic acids is 1. The van der Waals surface area contributed by atoms with E-state index in [0.29, 0.717) is 13.0 Å². The number of nitrogens with one attached hydrogen (secondary N) is 1. The van der Waals surface area contributed by atoms with E-state index in [1.165, 1.54) is 4.90 Å². The van der Waals surface area contributed by atoms with Gasteiger partial charge in [0.1, 0.15) is 12.6 Å². The summed E-state index contributed by atoms with van der Waals surface area (Å²) < 4.78 is 5.61. The van der Waals surface area contributed by atoms with Crippen molar-refractivity contribution in [3.63, 3.8) is 0 Å². The fraction of sp³-hybridized carbons (Fsp3) is 0.444. The van der Waals surface area contributed by atoms with Crippen LogP contribution in [0, 0.1) is 5.41 Å². The first-order valence-corrected chi connectivity index (χ1v) is 11.7. The van der Waals surface area contributed by atoms with Gasteiger partial charge in [0.25, 0.3) is 0 Å². The third-order valence-corrected chi connectivity index (χ3v) is 6.98. The van der Waals surface area contributed by atoms with Gasteiger partial charge in [0.05, 0.1) is 0 Å². The molecule has 4 rings (SSSR count). The number of rotatable bonds is 6. The average molecular weight is 465 g/mol. The Morgan fingerprint density at radius 3 is 2.18 bits per heavy atom. The highest BCUT2D eigenvalue weighted by Crippen LogP contribution is 2.44. The van der Waals surface area contributed by atoms with E-state index in [1.54, 1.807) is 13.8 Å². The molecule has 34 heavy (non-hydrogen) atoms. The highest BCUT2D eigenvalue weighted by atomic mass is 16.5. The van der Waals surface area contributed by atoms with Crippen molar-refractivity contribution in [3.8, 4) is 11.1 Å². The molecule has 1 atom stereocenters. The van der Waals surface area contributed by atoms with Crippen molar-refractivity contribution in [1.82, 2.24) is 10.2 Å². The van der Waals surface area contributed by atoms with Crippen LogP contribution in [0.4, 0.5) is 4.79 Å². The Labute approximate surface area is 200 Å². The van der Waals surface area contributed by atoms with Gasteiger partial charge in [-0.25, -0.2) is 9.59 Å². The largest absolute Gasteiger partial charge is 0.480 e. The number of likely N-dealkylation sites (tertiary alicyclic amines) is 1. The van der Waals surface area contributed by atoms with Crippen LogP contribution in [0.15, 0.2) is 48.5 Å². The van der Waals surface area contributed by atoms with E-state index in [2.05, 4.69) is 29.6 Å². The molecule has 7 nitrogen and oxygen atoms in total. The summed E-state index contributed by atoms with van der Waals surface area (Å²) in [5.41, 5.74) is 3.17. The third-order valence-electron chi connectivity index (χ3n) is 6.98. The second kappa shape index (κ2) is 8.78. The molecule has 1 saturated heterocycles. The molecular weight excluding hydrogens is 432 g/mol. The van der Waals surface area contributed by atoms with Crippen LogP contribution in [-0.4, -0.2) is 52.7 Å². The molecule has 2 N–H and O–H groups in total. The van der Waals surface area contributed by atoms with Crippen LogP contribution in [0.2, 0.25) is 0 Å². The van der Waals surface area contributed by atoms with Gasteiger partial charge in [-0.2, -0.15) is 0 Å². The molecule has 1 aliphatic heterocycles. The number of fused-ring (bicyclic) bond motifs is 3. The van der Waals surface area contributed by atoms with Gasteiger partial charge in [-0.05, 0) is 47.9 Å². The number of carboxylic acid groups (broad SMARTS) is 1. The van der Waals surface area contributed by atoms with Crippen LogP contribution in [0.5, 0.6) is 0 Å². The number of alkyl carbamates (subject to hydrolysis) is 1. The van der Waals surface area contributed by atoms with Crippen molar-refractivity contribution in [2.75, 3.05) is 13.2 Å². The highest BCUT2D eigenvalue weighted by molar-refractivity contribution is 5.86. The SMILES string of the molecule is CC(C)(CC(=O)N1CCC(C)(C)C1C(=O)O)NC(=O)OCC1c2ccccc2-c2ccccc21. The number of amides is 2. The van der Waals surface area contributed by atoms with Crippen molar-refractivity contribution in [2.24, 2.45) is 5.41 Å². The molecule has 2 amide bonds. The summed E-state index contributed by atoms with van der Waals surface area (Å²) >= 11 is 0. The van der Waals surface area contributed by atoms with Gasteiger partial charge in [-0.15, -0.1) is 0 Å². The van der Waals surface area contributed by atoms with E-state index in [-0.39, 0.29) is 24.9 Å². The zero-order valence-corrected chi connectivity index (χ0v) is 20.1. The second-order valence-electron chi connectivity index (χ2n) is 10.6. The van der Waals surface area contributed by atoms with Gasteiger partial charge in [0.15, 0.2) is 0 Å². The monoisotopic (exact) mass is 464 g/mol. The lowest BCUT2D eigenvalue weighted by atomic mass is 9.84. The van der Waals surface area contributed by atoms with Crippen molar-refractivity contribution < 1.29 is 24.2 Å². The lowest BCUT2D eigenvalue weighted by molar-refractivity contribution is -0.151. The van der Waals surface area contributed by atoms with Gasteiger partial charge in [-0.3, -0.25) is 4.79 Å². The van der Waals surface area contributed by atoms with Gasteiger partial charge in [0.2, 0.25) is 5.91 Å². The van der Waals surface area contributed by atoms with Crippen LogP contribution in [0.3, 0.4) is 0 Å². The Kier molecular flexibility index (Phi) is 6.14. The topological polar surface area (TPSA) is 95.9 Å². The predicted molar refractivity (Wildman–Crippen MR) is 128 cm³/mol. The zero-order valence-electron chi connectivity index (χ0n) is 20.1. The number of nitrogens with zero attached hydrogens (tertiary/aromatic N) is 1. The molecule has 2 aromatic rings. The number of aliphatic carboxylic acids is 1. The summed E-state index contributed by atoms with van der Waals surface area (Å²) in [6, 6.07) is 15.4. The summed E-state index contributed by atoms with van der Waals surface area (Å²) in [5.74, 6) is -1.34. The van der Waals surface area contributed by atoms with Crippen molar-refractivity contribution in [1.29, 1.82) is 0 Å². The van der Waals surface area contributed by atoms with Gasteiger partial charge in [0, 0.05) is 24.4 Å². The molecule has 2 aromatic carbocycles. The first-order valence-electron chi connectivity index (χ1n) is 11.7. The number of carbonyl (C=O) groups excluding carboxylic acids is 2. The van der Waals surface area contributed by atoms with E-state index >= 15 is 0 Å². The molecule has 0 spiro atoms. The summed E-state index contributed by atoms with van der Waals surface area (Å²) in [7, 11) is 0. The maximum absolute atomic E-state index is 13.0. The zero-order chi connectivity index (χ0) is 24.7. The molecule has 0 radical (unpaired) electrons. The maximum atomic E-state index is 13.0. The smallest absolute Gasteiger partial charge is 0.407 e. The minimum Gasteiger partial charge on any atom is -0.480 e. The fourth-order valence-electron chi connectivity index (χ4n) is 5.27. The summed E-state index contributed by atoms with van der Waals surface area (Å²) in [6.07, 6.45) is 0.00342. The van der Waals surface area contributed by atoms with E-state index in [1.807, 2.05) is 38.1 Å². The Balaban J connectivity index is 1.38. The number of hydrogen-bond donors (Lipinski definition) is 2. The van der Waals surface area contributed by atoms with E-state index in [4.69, 9.17) is 4.74 Å². The molecule has 1 fully saturated rings. The van der Waals surface area contributed by atoms with Crippen molar-refractivity contribution in [3.05, 3.63) is 59.7 Å². The first-order chi connectivity index (χ1) is 16.0. The third kappa shape index (κ3) is 4.52. The number of hydrogen-bond acceptors (Lipinski definition) is 4. The Morgan fingerprint density at radius 1 is 1.06 bits per heavy atom. The van der Waals surface area contributed by atoms with E-state index in [0.717, 1.165) is 22.3 Å². The van der Waals surface area contributed by atoms with Gasteiger partial charge < -0.3 is 20.1 Å². The molecule has 7 heteroatoms. The summed E-state index contributed by atoms with van der Waals surface area (Å²) in [6.45, 7) is 7.78. The average Bonchev–Trinajstić information content (AvgIpc) is 3.25. The Hall–Kier alpha value is -3.35. The van der Waals surface area contributed by atoms with Crippen LogP contribution in [-0.2, 0) is 14.3 Å². The standard InChI is InChI=1S/C27H32N2O5/c1-26(2)13-14-29(23(26)24(31)32)22(30)15-27(3,4)28-25(33)34-16-21-19-11-7-5-9-17(19)18-10-6-8-12-20(18)21/h5-12,21,23H,13-16H2,1-4H3,(H,28,33)(H,31,32). The first kappa shape index (κ1) is 23.8. The number of ether oxygens (including phenoxy) is 1. The van der Waals surface area contributed by atoms with Gasteiger partial charge in [-0.1, -0.05) is 62.4 Å². The molecule has 0 aromatic heterocycles. The van der Waals surface area contributed by atoms with Gasteiger partial charge >= 0.3 is 12.1 Å². The fourth-order valence-corrected chi connectivity index (χ4v) is 5.27. The lowest BCUT2D eigenvalue weighted by Gasteiger charge is -2.32. The molecule has 1 aliphatic carbocycles. The summed E-state index contributed by atoms with van der Waals surface area (Å²) in [5, 5.41) is 12.4. The minimum absolute atomic E-state index is 0.0168. The molecule has 1 heterocycles. The lowest BCUT2D eigenvalue weighted by Crippen LogP contribution is -2.51. The van der Waals surface area contributed by atoms with Crippen LogP contribution in [0.25, 0.3) is 11.1 Å². The predicted octanol–water partition coefficient (Wildman–Crippen LogP) is 4.41. The van der Waals surface area contributed by atoms with Crippen LogP contribution in [0.1, 0.15) is 57.6 Å². The molecule has 0 saturated carbocycles. The minimum atomic E-state index is -1.00. The quantitative estimate of drug-likeness (QED) is 0.660. The Bertz CT molecular complexity index is 1080. The van der Waals surface area contributed by atoms with E-state index in [9.17, 15) is 19.5 Å². The molecular formula is C27H32N2O5. The Morgan fingerprint density at radius 2 is 1.62 bits per heavy atom. The van der Waals surface area contributed by atoms with E-state index < -0.39 is 29.1 Å². The van der Waals surface area contributed by atoms with Crippen molar-refractivity contribution in [2.45, 2.75) is 58.0 Å². The normalized spacial score (nSPS) is 18.8. The molecule has 1 unspecified atom stereocenters. The van der Waals surface area contributed by atoms with Crippen LogP contribution < -0.4 is 5.32 Å². The van der Waals surface area contributed by atoms with Crippen molar-refractivity contribution >= 4 is 18.0 Å². The summed E-state index contributed by atoms with van der Waals surface area (Å²) in [4.78, 5) is 38.8. The second-order valence-corrected chi connectivity index (χ2v) is 10.6. The number of carbonyl (C=O) groups is 3. The molecule has 0 bridgehead atoms. The maximum Gasteiger partial charge on any atom is 0.407 e. The molecule has 2 aliphatic rings. The molecule has 180 valence electrons. The highest BCUT2D eigenvalue weighted by Gasteiger charge is 2.47.